The van der Waals surface area contributed by atoms with Gasteiger partial charge in [-0.1, -0.05) is 0 Å². The van der Waals surface area contributed by atoms with Gasteiger partial charge < -0.3 is 15.4 Å². The van der Waals surface area contributed by atoms with E-state index in [1.807, 2.05) is 26.8 Å². The van der Waals surface area contributed by atoms with Crippen LogP contribution >= 0.6 is 11.5 Å². The van der Waals surface area contributed by atoms with Crippen LogP contribution in [0.1, 0.15) is 38.5 Å². The fourth-order valence-electron chi connectivity index (χ4n) is 2.24. The summed E-state index contributed by atoms with van der Waals surface area (Å²) in [4.78, 5) is 14.8. The molecule has 1 saturated heterocycles. The van der Waals surface area contributed by atoms with Crippen LogP contribution < -0.4 is 5.73 Å². The highest BCUT2D eigenvalue weighted by atomic mass is 32.1. The molecule has 1 fully saturated rings. The molecule has 19 heavy (non-hydrogen) atoms. The van der Waals surface area contributed by atoms with Crippen molar-refractivity contribution >= 4 is 17.6 Å². The number of rotatable bonds is 1. The van der Waals surface area contributed by atoms with E-state index in [0.717, 1.165) is 17.7 Å². The molecule has 2 N–H and O–H groups in total. The van der Waals surface area contributed by atoms with Gasteiger partial charge in [-0.05, 0) is 51.2 Å². The first-order chi connectivity index (χ1) is 8.80. The van der Waals surface area contributed by atoms with Gasteiger partial charge in [-0.2, -0.15) is 0 Å². The molecular formula is C13H21N3O2S. The summed E-state index contributed by atoms with van der Waals surface area (Å²) < 4.78 is 9.51. The van der Waals surface area contributed by atoms with Crippen molar-refractivity contribution in [1.82, 2.24) is 9.27 Å². The predicted octanol–water partition coefficient (Wildman–Crippen LogP) is 2.33. The Morgan fingerprint density at radius 2 is 2.32 bits per heavy atom. The zero-order chi connectivity index (χ0) is 14.1. The number of piperidine rings is 1. The van der Waals surface area contributed by atoms with Gasteiger partial charge in [0.15, 0.2) is 0 Å². The summed E-state index contributed by atoms with van der Waals surface area (Å²) in [5.41, 5.74) is 5.47. The second-order valence-electron chi connectivity index (χ2n) is 6.04. The Morgan fingerprint density at radius 1 is 1.58 bits per heavy atom. The standard InChI is InChI=1S/C13H21N3O2S/c1-12(2,3)18-11(17)16-8-4-6-13(14,9-16)10-5-7-15-19-10/h5,7H,4,6,8-9,14H2,1-3H3. The second-order valence-corrected chi connectivity index (χ2v) is 6.87. The maximum Gasteiger partial charge on any atom is 0.410 e. The molecule has 5 nitrogen and oxygen atoms in total. The van der Waals surface area contributed by atoms with Crippen molar-refractivity contribution in [2.45, 2.75) is 44.8 Å². The predicted molar refractivity (Wildman–Crippen MR) is 75.0 cm³/mol. The minimum atomic E-state index is -0.490. The Morgan fingerprint density at radius 3 is 2.89 bits per heavy atom. The number of carbonyl (C=O) groups excluding carboxylic acids is 1. The molecule has 1 atom stereocenters. The van der Waals surface area contributed by atoms with Crippen molar-refractivity contribution in [3.8, 4) is 0 Å². The average Bonchev–Trinajstić information content (AvgIpc) is 2.80. The smallest absolute Gasteiger partial charge is 0.410 e. The van der Waals surface area contributed by atoms with Crippen molar-refractivity contribution in [2.24, 2.45) is 5.73 Å². The van der Waals surface area contributed by atoms with Crippen LogP contribution in [0.5, 0.6) is 0 Å². The first-order valence-corrected chi connectivity index (χ1v) is 7.25. The molecule has 0 radical (unpaired) electrons. The van der Waals surface area contributed by atoms with Crippen LogP contribution in [0.4, 0.5) is 4.79 Å². The van der Waals surface area contributed by atoms with Crippen LogP contribution in [0.25, 0.3) is 0 Å². The minimum absolute atomic E-state index is 0.286. The molecule has 0 bridgehead atoms. The van der Waals surface area contributed by atoms with Crippen LogP contribution in [0.3, 0.4) is 0 Å². The molecule has 1 aliphatic rings. The maximum atomic E-state index is 12.1. The molecule has 0 spiro atoms. The third-order valence-electron chi connectivity index (χ3n) is 3.10. The van der Waals surface area contributed by atoms with Gasteiger partial charge in [0.2, 0.25) is 0 Å². The van der Waals surface area contributed by atoms with Gasteiger partial charge in [0.1, 0.15) is 5.60 Å². The lowest BCUT2D eigenvalue weighted by Crippen LogP contribution is -2.54. The van der Waals surface area contributed by atoms with E-state index >= 15 is 0 Å². The molecule has 2 rings (SSSR count). The maximum absolute atomic E-state index is 12.1. The molecule has 0 aliphatic carbocycles. The number of aromatic nitrogens is 1. The average molecular weight is 283 g/mol. The highest BCUT2D eigenvalue weighted by molar-refractivity contribution is 7.05. The Hall–Kier alpha value is -1.14. The van der Waals surface area contributed by atoms with Crippen LogP contribution in [-0.4, -0.2) is 34.1 Å². The van der Waals surface area contributed by atoms with Crippen molar-refractivity contribution in [2.75, 3.05) is 13.1 Å². The lowest BCUT2D eigenvalue weighted by molar-refractivity contribution is 0.0140. The van der Waals surface area contributed by atoms with Crippen molar-refractivity contribution in [3.63, 3.8) is 0 Å². The van der Waals surface area contributed by atoms with E-state index in [4.69, 9.17) is 10.5 Å². The Bertz CT molecular complexity index is 441. The molecule has 1 unspecified atom stereocenters. The molecule has 0 saturated carbocycles. The summed E-state index contributed by atoms with van der Waals surface area (Å²) in [5.74, 6) is 0. The fraction of sp³-hybridized carbons (Fsp3) is 0.692. The Balaban J connectivity index is 2.07. The largest absolute Gasteiger partial charge is 0.444 e. The van der Waals surface area contributed by atoms with Gasteiger partial charge in [0.25, 0.3) is 0 Å². The van der Waals surface area contributed by atoms with Crippen LogP contribution in [0.2, 0.25) is 0 Å². The fourth-order valence-corrected chi connectivity index (χ4v) is 2.95. The second kappa shape index (κ2) is 5.09. The first kappa shape index (κ1) is 14.3. The molecule has 0 aromatic carbocycles. The molecule has 2 heterocycles. The highest BCUT2D eigenvalue weighted by Gasteiger charge is 2.37. The molecule has 1 amide bonds. The number of nitrogens with zero attached hydrogens (tertiary/aromatic N) is 2. The third kappa shape index (κ3) is 3.45. The topological polar surface area (TPSA) is 68.5 Å². The van der Waals surface area contributed by atoms with E-state index < -0.39 is 11.1 Å². The normalized spacial score (nSPS) is 24.3. The summed E-state index contributed by atoms with van der Waals surface area (Å²) in [6.45, 7) is 6.80. The van der Waals surface area contributed by atoms with E-state index in [1.54, 1.807) is 11.1 Å². The summed E-state index contributed by atoms with van der Waals surface area (Å²) in [6, 6.07) is 1.93. The summed E-state index contributed by atoms with van der Waals surface area (Å²) in [6.07, 6.45) is 3.22. The molecule has 6 heteroatoms. The van der Waals surface area contributed by atoms with Crippen LogP contribution in [0.15, 0.2) is 12.3 Å². The van der Waals surface area contributed by atoms with E-state index in [1.165, 1.54) is 11.5 Å². The number of ether oxygens (including phenoxy) is 1. The number of hydrogen-bond donors (Lipinski definition) is 1. The lowest BCUT2D eigenvalue weighted by atomic mass is 9.89. The number of hydrogen-bond acceptors (Lipinski definition) is 5. The highest BCUT2D eigenvalue weighted by Crippen LogP contribution is 2.31. The van der Waals surface area contributed by atoms with Gasteiger partial charge in [-0.15, -0.1) is 0 Å². The first-order valence-electron chi connectivity index (χ1n) is 6.48. The van der Waals surface area contributed by atoms with Gasteiger partial charge in [-0.25, -0.2) is 9.17 Å². The van der Waals surface area contributed by atoms with E-state index in [2.05, 4.69) is 4.37 Å². The third-order valence-corrected chi connectivity index (χ3v) is 4.07. The molecule has 1 aromatic heterocycles. The minimum Gasteiger partial charge on any atom is -0.444 e. The molecular weight excluding hydrogens is 262 g/mol. The Labute approximate surface area is 117 Å². The number of carbonyl (C=O) groups is 1. The monoisotopic (exact) mass is 283 g/mol. The molecule has 1 aliphatic heterocycles. The molecule has 1 aromatic rings. The van der Waals surface area contributed by atoms with Gasteiger partial charge in [0.05, 0.1) is 5.54 Å². The lowest BCUT2D eigenvalue weighted by Gasteiger charge is -2.39. The quantitative estimate of drug-likeness (QED) is 0.859. The zero-order valence-corrected chi connectivity index (χ0v) is 12.5. The zero-order valence-electron chi connectivity index (χ0n) is 11.7. The summed E-state index contributed by atoms with van der Waals surface area (Å²) >= 11 is 1.40. The van der Waals surface area contributed by atoms with Crippen molar-refractivity contribution in [3.05, 3.63) is 17.1 Å². The van der Waals surface area contributed by atoms with Gasteiger partial charge in [0, 0.05) is 24.2 Å². The number of likely N-dealkylation sites (tertiary alicyclic amines) is 1. The number of amides is 1. The van der Waals surface area contributed by atoms with Gasteiger partial charge in [-0.3, -0.25) is 0 Å². The number of nitrogens with two attached hydrogens (primary N) is 1. The van der Waals surface area contributed by atoms with Crippen molar-refractivity contribution < 1.29 is 9.53 Å². The van der Waals surface area contributed by atoms with Crippen molar-refractivity contribution in [1.29, 1.82) is 0 Å². The summed E-state index contributed by atoms with van der Waals surface area (Å²) in [7, 11) is 0. The van der Waals surface area contributed by atoms with E-state index in [-0.39, 0.29) is 6.09 Å². The van der Waals surface area contributed by atoms with Gasteiger partial charge >= 0.3 is 6.09 Å². The van der Waals surface area contributed by atoms with Crippen LogP contribution in [0, 0.1) is 0 Å². The Kier molecular flexibility index (Phi) is 3.82. The van der Waals surface area contributed by atoms with Crippen LogP contribution in [-0.2, 0) is 10.3 Å². The molecule has 106 valence electrons. The van der Waals surface area contributed by atoms with E-state index in [0.29, 0.717) is 13.1 Å². The summed E-state index contributed by atoms with van der Waals surface area (Å²) in [5, 5.41) is 0. The SMILES string of the molecule is CC(C)(C)OC(=O)N1CCCC(N)(c2ccns2)C1. The van der Waals surface area contributed by atoms with E-state index in [9.17, 15) is 4.79 Å².